The maximum atomic E-state index is 12.1. The third-order valence-corrected chi connectivity index (χ3v) is 6.23. The normalized spacial score (nSPS) is 14.7. The summed E-state index contributed by atoms with van der Waals surface area (Å²) in [6, 6.07) is 13.8. The SMILES string of the molecule is CSc1ccccc1CN1CCC(CNC(=O)C(=O)Nc2ccc([N+](=O)[O-])cc2)CC1. The second kappa shape index (κ2) is 10.9. The van der Waals surface area contributed by atoms with Crippen molar-refractivity contribution < 1.29 is 14.5 Å². The van der Waals surface area contributed by atoms with Crippen molar-refractivity contribution >= 4 is 35.0 Å². The van der Waals surface area contributed by atoms with E-state index in [4.69, 9.17) is 0 Å². The Morgan fingerprint density at radius 3 is 2.42 bits per heavy atom. The summed E-state index contributed by atoms with van der Waals surface area (Å²) in [4.78, 5) is 38.0. The monoisotopic (exact) mass is 442 g/mol. The van der Waals surface area contributed by atoms with Gasteiger partial charge >= 0.3 is 11.8 Å². The second-order valence-electron chi connectivity index (χ2n) is 7.50. The molecule has 8 nitrogen and oxygen atoms in total. The van der Waals surface area contributed by atoms with Crippen LogP contribution in [0.5, 0.6) is 0 Å². The van der Waals surface area contributed by atoms with Crippen LogP contribution in [-0.4, -0.2) is 47.5 Å². The van der Waals surface area contributed by atoms with Crippen LogP contribution >= 0.6 is 11.8 Å². The molecule has 1 fully saturated rings. The van der Waals surface area contributed by atoms with Gasteiger partial charge < -0.3 is 10.6 Å². The first-order chi connectivity index (χ1) is 15.0. The maximum Gasteiger partial charge on any atom is 0.313 e. The number of anilines is 1. The average molecular weight is 443 g/mol. The van der Waals surface area contributed by atoms with Crippen molar-refractivity contribution in [2.24, 2.45) is 5.92 Å². The Balaban J connectivity index is 1.40. The van der Waals surface area contributed by atoms with Gasteiger partial charge in [-0.2, -0.15) is 0 Å². The molecule has 0 bridgehead atoms. The summed E-state index contributed by atoms with van der Waals surface area (Å²) >= 11 is 1.76. The largest absolute Gasteiger partial charge is 0.348 e. The second-order valence-corrected chi connectivity index (χ2v) is 8.35. The number of likely N-dealkylation sites (tertiary alicyclic amines) is 1. The Morgan fingerprint density at radius 2 is 1.77 bits per heavy atom. The van der Waals surface area contributed by atoms with Crippen LogP contribution in [0.25, 0.3) is 0 Å². The molecule has 2 amide bonds. The summed E-state index contributed by atoms with van der Waals surface area (Å²) in [7, 11) is 0. The van der Waals surface area contributed by atoms with Crippen molar-refractivity contribution in [2.45, 2.75) is 24.3 Å². The molecule has 0 radical (unpaired) electrons. The smallest absolute Gasteiger partial charge is 0.313 e. The van der Waals surface area contributed by atoms with E-state index in [1.165, 1.54) is 34.7 Å². The number of nitro groups is 1. The summed E-state index contributed by atoms with van der Waals surface area (Å²) < 4.78 is 0. The number of nitrogens with zero attached hydrogens (tertiary/aromatic N) is 2. The number of hydrogen-bond donors (Lipinski definition) is 2. The fourth-order valence-electron chi connectivity index (χ4n) is 3.59. The number of non-ortho nitro benzene ring substituents is 1. The third-order valence-electron chi connectivity index (χ3n) is 5.39. The molecule has 0 saturated carbocycles. The molecule has 3 rings (SSSR count). The van der Waals surface area contributed by atoms with Gasteiger partial charge in [0.2, 0.25) is 0 Å². The van der Waals surface area contributed by atoms with Crippen LogP contribution in [0.2, 0.25) is 0 Å². The van der Waals surface area contributed by atoms with Crippen LogP contribution in [0, 0.1) is 16.0 Å². The van der Waals surface area contributed by atoms with Gasteiger partial charge in [-0.3, -0.25) is 24.6 Å². The molecule has 0 aromatic heterocycles. The van der Waals surface area contributed by atoms with Crippen molar-refractivity contribution in [3.05, 3.63) is 64.2 Å². The molecule has 2 N–H and O–H groups in total. The molecule has 1 heterocycles. The van der Waals surface area contributed by atoms with Crippen LogP contribution in [0.4, 0.5) is 11.4 Å². The topological polar surface area (TPSA) is 105 Å². The summed E-state index contributed by atoms with van der Waals surface area (Å²) in [5, 5.41) is 15.8. The lowest BCUT2D eigenvalue weighted by molar-refractivity contribution is -0.384. The molecule has 0 atom stereocenters. The van der Waals surface area contributed by atoms with E-state index in [-0.39, 0.29) is 5.69 Å². The van der Waals surface area contributed by atoms with Crippen molar-refractivity contribution in [3.8, 4) is 0 Å². The highest BCUT2D eigenvalue weighted by Crippen LogP contribution is 2.24. The molecule has 9 heteroatoms. The lowest BCUT2D eigenvalue weighted by Crippen LogP contribution is -2.41. The third kappa shape index (κ3) is 6.53. The number of benzene rings is 2. The van der Waals surface area contributed by atoms with E-state index < -0.39 is 16.7 Å². The van der Waals surface area contributed by atoms with E-state index in [1.807, 2.05) is 0 Å². The van der Waals surface area contributed by atoms with Gasteiger partial charge in [0.1, 0.15) is 0 Å². The molecule has 0 unspecified atom stereocenters. The van der Waals surface area contributed by atoms with E-state index in [0.29, 0.717) is 18.2 Å². The molecular formula is C22H26N4O4S. The van der Waals surface area contributed by atoms with Gasteiger partial charge in [-0.15, -0.1) is 11.8 Å². The van der Waals surface area contributed by atoms with E-state index in [0.717, 1.165) is 32.5 Å². The summed E-state index contributed by atoms with van der Waals surface area (Å²) in [6.45, 7) is 3.30. The number of piperidine rings is 1. The quantitative estimate of drug-likeness (QED) is 0.295. The molecule has 1 saturated heterocycles. The standard InChI is InChI=1S/C22H26N4O4S/c1-31-20-5-3-2-4-17(20)15-25-12-10-16(11-13-25)14-23-21(27)22(28)24-18-6-8-19(9-7-18)26(29)30/h2-9,16H,10-15H2,1H3,(H,23,27)(H,24,28). The first kappa shape index (κ1) is 22.8. The minimum Gasteiger partial charge on any atom is -0.348 e. The highest BCUT2D eigenvalue weighted by Gasteiger charge is 2.22. The predicted octanol–water partition coefficient (Wildman–Crippen LogP) is 3.28. The fourth-order valence-corrected chi connectivity index (χ4v) is 4.20. The number of nitro benzene ring substituents is 1. The van der Waals surface area contributed by atoms with Gasteiger partial charge in [0, 0.05) is 35.8 Å². The molecule has 0 spiro atoms. The molecule has 31 heavy (non-hydrogen) atoms. The van der Waals surface area contributed by atoms with Crippen LogP contribution in [-0.2, 0) is 16.1 Å². The van der Waals surface area contributed by atoms with Crippen LogP contribution in [0.1, 0.15) is 18.4 Å². The highest BCUT2D eigenvalue weighted by molar-refractivity contribution is 7.98. The Labute approximate surface area is 185 Å². The molecule has 164 valence electrons. The number of thioether (sulfide) groups is 1. The molecule has 2 aromatic carbocycles. The maximum absolute atomic E-state index is 12.1. The number of carbonyl (C=O) groups excluding carboxylic acids is 2. The number of hydrogen-bond acceptors (Lipinski definition) is 6. The summed E-state index contributed by atoms with van der Waals surface area (Å²) in [5.41, 5.74) is 1.60. The lowest BCUT2D eigenvalue weighted by Gasteiger charge is -2.32. The predicted molar refractivity (Wildman–Crippen MR) is 121 cm³/mol. The van der Waals surface area contributed by atoms with E-state index in [1.54, 1.807) is 11.8 Å². The molecule has 0 aliphatic carbocycles. The zero-order valence-corrected chi connectivity index (χ0v) is 18.2. The van der Waals surface area contributed by atoms with Crippen LogP contribution in [0.3, 0.4) is 0 Å². The fraction of sp³-hybridized carbons (Fsp3) is 0.364. The Bertz CT molecular complexity index is 927. The molecule has 2 aromatic rings. The highest BCUT2D eigenvalue weighted by atomic mass is 32.2. The first-order valence-corrected chi connectivity index (χ1v) is 11.4. The minimum absolute atomic E-state index is 0.0780. The van der Waals surface area contributed by atoms with Crippen LogP contribution < -0.4 is 10.6 Å². The van der Waals surface area contributed by atoms with E-state index >= 15 is 0 Å². The van der Waals surface area contributed by atoms with Gasteiger partial charge in [-0.05, 0) is 61.9 Å². The Kier molecular flexibility index (Phi) is 8.02. The zero-order valence-electron chi connectivity index (χ0n) is 17.4. The van der Waals surface area contributed by atoms with Crippen molar-refractivity contribution in [2.75, 3.05) is 31.2 Å². The molecule has 1 aliphatic rings. The Morgan fingerprint density at radius 1 is 1.10 bits per heavy atom. The summed E-state index contributed by atoms with van der Waals surface area (Å²) in [6.07, 6.45) is 4.02. The number of amides is 2. The lowest BCUT2D eigenvalue weighted by atomic mass is 9.96. The average Bonchev–Trinajstić information content (AvgIpc) is 2.79. The van der Waals surface area contributed by atoms with Crippen molar-refractivity contribution in [1.29, 1.82) is 0 Å². The van der Waals surface area contributed by atoms with Gasteiger partial charge in [-0.25, -0.2) is 0 Å². The number of rotatable bonds is 7. The number of carbonyl (C=O) groups is 2. The van der Waals surface area contributed by atoms with Crippen molar-refractivity contribution in [1.82, 2.24) is 10.2 Å². The molecule has 1 aliphatic heterocycles. The Hall–Kier alpha value is -2.91. The van der Waals surface area contributed by atoms with Crippen molar-refractivity contribution in [3.63, 3.8) is 0 Å². The minimum atomic E-state index is -0.778. The zero-order chi connectivity index (χ0) is 22.2. The van der Waals surface area contributed by atoms with Gasteiger partial charge in [0.05, 0.1) is 4.92 Å². The summed E-state index contributed by atoms with van der Waals surface area (Å²) in [5.74, 6) is -1.14. The first-order valence-electron chi connectivity index (χ1n) is 10.1. The van der Waals surface area contributed by atoms with E-state index in [2.05, 4.69) is 46.1 Å². The van der Waals surface area contributed by atoms with Gasteiger partial charge in [0.15, 0.2) is 0 Å². The van der Waals surface area contributed by atoms with E-state index in [9.17, 15) is 19.7 Å². The number of nitrogens with one attached hydrogen (secondary N) is 2. The van der Waals surface area contributed by atoms with Crippen LogP contribution in [0.15, 0.2) is 53.4 Å². The van der Waals surface area contributed by atoms with Gasteiger partial charge in [-0.1, -0.05) is 18.2 Å². The molecular weight excluding hydrogens is 416 g/mol. The van der Waals surface area contributed by atoms with Gasteiger partial charge in [0.25, 0.3) is 5.69 Å².